The molecule has 1 aliphatic heterocycles. The number of amides is 3. The average Bonchev–Trinajstić information content (AvgIpc) is 2.72. The van der Waals surface area contributed by atoms with Crippen molar-refractivity contribution in [1.82, 2.24) is 15.5 Å². The number of rotatable bonds is 5. The van der Waals surface area contributed by atoms with Crippen LogP contribution in [0.2, 0.25) is 0 Å². The van der Waals surface area contributed by atoms with Gasteiger partial charge in [-0.3, -0.25) is 4.79 Å². The molecule has 0 unspecified atom stereocenters. The number of benzene rings is 2. The number of urea groups is 1. The van der Waals surface area contributed by atoms with Crippen LogP contribution in [0.3, 0.4) is 0 Å². The summed E-state index contributed by atoms with van der Waals surface area (Å²) < 4.78 is 13.0. The molecule has 1 aliphatic rings. The Hall–Kier alpha value is -2.89. The van der Waals surface area contributed by atoms with Crippen LogP contribution >= 0.6 is 0 Å². The Morgan fingerprint density at radius 3 is 2.24 bits per heavy atom. The standard InChI is InChI=1S/C23H28FN3O2/c1-17-4-6-18(7-5-17)15-26-22(29)27-13-3-12-23(2,16-27)21(28)25-14-19-8-10-20(24)11-9-19/h4-11H,3,12-16H2,1-2H3,(H,25,28)(H,26,29)/t23-/m1/s1. The molecule has 2 aromatic carbocycles. The summed E-state index contributed by atoms with van der Waals surface area (Å²) in [4.78, 5) is 27.1. The van der Waals surface area contributed by atoms with Gasteiger partial charge in [0.25, 0.3) is 0 Å². The van der Waals surface area contributed by atoms with E-state index in [-0.39, 0.29) is 17.8 Å². The molecule has 1 atom stereocenters. The highest BCUT2D eigenvalue weighted by atomic mass is 19.1. The summed E-state index contributed by atoms with van der Waals surface area (Å²) in [5, 5.41) is 5.88. The van der Waals surface area contributed by atoms with Crippen LogP contribution in [0.25, 0.3) is 0 Å². The molecule has 154 valence electrons. The summed E-state index contributed by atoms with van der Waals surface area (Å²) >= 11 is 0. The molecule has 0 radical (unpaired) electrons. The fourth-order valence-electron chi connectivity index (χ4n) is 3.59. The van der Waals surface area contributed by atoms with Crippen LogP contribution < -0.4 is 10.6 Å². The first kappa shape index (κ1) is 20.8. The molecule has 0 bridgehead atoms. The average molecular weight is 397 g/mol. The highest BCUT2D eigenvalue weighted by Crippen LogP contribution is 2.30. The van der Waals surface area contributed by atoms with Crippen molar-refractivity contribution in [2.45, 2.75) is 39.8 Å². The van der Waals surface area contributed by atoms with Crippen LogP contribution in [0, 0.1) is 18.2 Å². The van der Waals surface area contributed by atoms with Crippen LogP contribution in [0.1, 0.15) is 36.5 Å². The Kier molecular flexibility index (Phi) is 6.52. The van der Waals surface area contributed by atoms with Crippen molar-refractivity contribution in [1.29, 1.82) is 0 Å². The van der Waals surface area contributed by atoms with Gasteiger partial charge in [0.15, 0.2) is 0 Å². The van der Waals surface area contributed by atoms with Gasteiger partial charge < -0.3 is 15.5 Å². The van der Waals surface area contributed by atoms with E-state index in [0.29, 0.717) is 26.2 Å². The van der Waals surface area contributed by atoms with Gasteiger partial charge in [-0.2, -0.15) is 0 Å². The third-order valence-electron chi connectivity index (χ3n) is 5.46. The molecule has 6 heteroatoms. The molecule has 1 saturated heterocycles. The summed E-state index contributed by atoms with van der Waals surface area (Å²) in [7, 11) is 0. The van der Waals surface area contributed by atoms with Crippen LogP contribution in [-0.4, -0.2) is 29.9 Å². The Labute approximate surface area is 171 Å². The molecular formula is C23H28FN3O2. The third-order valence-corrected chi connectivity index (χ3v) is 5.46. The second-order valence-corrected chi connectivity index (χ2v) is 8.04. The Morgan fingerprint density at radius 1 is 1.00 bits per heavy atom. The number of halogens is 1. The van der Waals surface area contributed by atoms with Gasteiger partial charge in [-0.05, 0) is 49.9 Å². The van der Waals surface area contributed by atoms with Crippen molar-refractivity contribution in [2.75, 3.05) is 13.1 Å². The maximum absolute atomic E-state index is 13.0. The number of hydrogen-bond acceptors (Lipinski definition) is 2. The summed E-state index contributed by atoms with van der Waals surface area (Å²) in [5.74, 6) is -0.385. The van der Waals surface area contributed by atoms with Crippen molar-refractivity contribution >= 4 is 11.9 Å². The monoisotopic (exact) mass is 397 g/mol. The number of hydrogen-bond donors (Lipinski definition) is 2. The maximum Gasteiger partial charge on any atom is 0.317 e. The first-order chi connectivity index (χ1) is 13.9. The number of nitrogens with zero attached hydrogens (tertiary/aromatic N) is 1. The Bertz CT molecular complexity index is 851. The molecule has 1 fully saturated rings. The minimum Gasteiger partial charge on any atom is -0.351 e. The van der Waals surface area contributed by atoms with Crippen molar-refractivity contribution in [3.8, 4) is 0 Å². The van der Waals surface area contributed by atoms with E-state index in [1.807, 2.05) is 38.1 Å². The van der Waals surface area contributed by atoms with E-state index in [0.717, 1.165) is 24.0 Å². The number of nitrogens with one attached hydrogen (secondary N) is 2. The van der Waals surface area contributed by atoms with Gasteiger partial charge in [0.2, 0.25) is 5.91 Å². The molecule has 2 N–H and O–H groups in total. The first-order valence-electron chi connectivity index (χ1n) is 9.97. The minimum absolute atomic E-state index is 0.0853. The zero-order valence-corrected chi connectivity index (χ0v) is 17.0. The van der Waals surface area contributed by atoms with Gasteiger partial charge in [0.05, 0.1) is 5.41 Å². The van der Waals surface area contributed by atoms with E-state index in [1.54, 1.807) is 17.0 Å². The molecule has 3 amide bonds. The van der Waals surface area contributed by atoms with Crippen LogP contribution in [0.5, 0.6) is 0 Å². The molecule has 3 rings (SSSR count). The lowest BCUT2D eigenvalue weighted by atomic mass is 9.81. The van der Waals surface area contributed by atoms with Crippen LogP contribution in [-0.2, 0) is 17.9 Å². The second kappa shape index (κ2) is 9.07. The van der Waals surface area contributed by atoms with Crippen molar-refractivity contribution in [2.24, 2.45) is 5.41 Å². The summed E-state index contributed by atoms with van der Waals surface area (Å²) in [5.41, 5.74) is 2.42. The van der Waals surface area contributed by atoms with E-state index in [9.17, 15) is 14.0 Å². The molecule has 0 saturated carbocycles. The highest BCUT2D eigenvalue weighted by molar-refractivity contribution is 5.84. The fourth-order valence-corrected chi connectivity index (χ4v) is 3.59. The number of carbonyl (C=O) groups is 2. The zero-order chi connectivity index (χ0) is 20.9. The van der Waals surface area contributed by atoms with Crippen molar-refractivity contribution < 1.29 is 14.0 Å². The zero-order valence-electron chi connectivity index (χ0n) is 17.0. The van der Waals surface area contributed by atoms with E-state index in [1.165, 1.54) is 17.7 Å². The smallest absolute Gasteiger partial charge is 0.317 e. The topological polar surface area (TPSA) is 61.4 Å². The summed E-state index contributed by atoms with van der Waals surface area (Å²) in [6.45, 7) is 5.74. The van der Waals surface area contributed by atoms with Gasteiger partial charge in [-0.1, -0.05) is 42.0 Å². The summed E-state index contributed by atoms with van der Waals surface area (Å²) in [6, 6.07) is 14.0. The molecule has 1 heterocycles. The number of carbonyl (C=O) groups excluding carboxylic acids is 2. The number of piperidine rings is 1. The number of aryl methyl sites for hydroxylation is 1. The second-order valence-electron chi connectivity index (χ2n) is 8.04. The van der Waals surface area contributed by atoms with E-state index in [4.69, 9.17) is 0 Å². The third kappa shape index (κ3) is 5.56. The van der Waals surface area contributed by atoms with E-state index >= 15 is 0 Å². The fraction of sp³-hybridized carbons (Fsp3) is 0.391. The first-order valence-corrected chi connectivity index (χ1v) is 9.97. The largest absolute Gasteiger partial charge is 0.351 e. The molecule has 5 nitrogen and oxygen atoms in total. The molecule has 0 spiro atoms. The summed E-state index contributed by atoms with van der Waals surface area (Å²) in [6.07, 6.45) is 1.50. The van der Waals surface area contributed by atoms with E-state index in [2.05, 4.69) is 10.6 Å². The minimum atomic E-state index is -0.639. The molecule has 0 aliphatic carbocycles. The van der Waals surface area contributed by atoms with Gasteiger partial charge in [-0.25, -0.2) is 9.18 Å². The maximum atomic E-state index is 13.0. The normalized spacial score (nSPS) is 18.9. The Morgan fingerprint density at radius 2 is 1.59 bits per heavy atom. The van der Waals surface area contributed by atoms with E-state index < -0.39 is 5.41 Å². The molecule has 2 aromatic rings. The lowest BCUT2D eigenvalue weighted by Gasteiger charge is -2.39. The van der Waals surface area contributed by atoms with Crippen molar-refractivity contribution in [3.05, 3.63) is 71.0 Å². The van der Waals surface area contributed by atoms with Gasteiger partial charge in [0.1, 0.15) is 5.82 Å². The van der Waals surface area contributed by atoms with Gasteiger partial charge >= 0.3 is 6.03 Å². The van der Waals surface area contributed by atoms with Gasteiger partial charge in [-0.15, -0.1) is 0 Å². The van der Waals surface area contributed by atoms with Crippen LogP contribution in [0.15, 0.2) is 48.5 Å². The quantitative estimate of drug-likeness (QED) is 0.807. The van der Waals surface area contributed by atoms with Crippen molar-refractivity contribution in [3.63, 3.8) is 0 Å². The van der Waals surface area contributed by atoms with Gasteiger partial charge in [0, 0.05) is 26.2 Å². The number of likely N-dealkylation sites (tertiary alicyclic amines) is 1. The predicted octanol–water partition coefficient (Wildman–Crippen LogP) is 3.76. The lowest BCUT2D eigenvalue weighted by molar-refractivity contribution is -0.132. The van der Waals surface area contributed by atoms with Crippen LogP contribution in [0.4, 0.5) is 9.18 Å². The lowest BCUT2D eigenvalue weighted by Crippen LogP contribution is -2.53. The Balaban J connectivity index is 1.53. The highest BCUT2D eigenvalue weighted by Gasteiger charge is 2.39. The molecular weight excluding hydrogens is 369 g/mol. The SMILES string of the molecule is Cc1ccc(CNC(=O)N2CCC[C@@](C)(C(=O)NCc3ccc(F)cc3)C2)cc1. The molecule has 0 aromatic heterocycles. The predicted molar refractivity (Wildman–Crippen MR) is 111 cm³/mol. The molecule has 29 heavy (non-hydrogen) atoms.